The molecule has 1 fully saturated rings. The van der Waals surface area contributed by atoms with E-state index in [0.29, 0.717) is 30.9 Å². The molecule has 1 aliphatic heterocycles. The van der Waals surface area contributed by atoms with Crippen molar-refractivity contribution in [2.24, 2.45) is 0 Å². The van der Waals surface area contributed by atoms with Gasteiger partial charge in [-0.05, 0) is 12.1 Å². The second kappa shape index (κ2) is 7.93. The van der Waals surface area contributed by atoms with Gasteiger partial charge in [0.1, 0.15) is 6.54 Å². The fraction of sp³-hybridized carbons (Fsp3) is 0.500. The third-order valence-electron chi connectivity index (χ3n) is 3.79. The van der Waals surface area contributed by atoms with Crippen LogP contribution in [0.4, 0.5) is 11.9 Å². The van der Waals surface area contributed by atoms with Crippen LogP contribution in [0.1, 0.15) is 5.82 Å². The highest BCUT2D eigenvalue weighted by Gasteiger charge is 2.17. The summed E-state index contributed by atoms with van der Waals surface area (Å²) < 4.78 is 7.19. The molecule has 1 N–H and O–H groups in total. The van der Waals surface area contributed by atoms with E-state index in [-0.39, 0.29) is 19.0 Å². The van der Waals surface area contributed by atoms with Gasteiger partial charge in [-0.15, -0.1) is 0 Å². The number of carbonyl (C=O) groups excluding carboxylic acids is 1. The number of ether oxygens (including phenoxy) is 1. The van der Waals surface area contributed by atoms with Gasteiger partial charge in [0.2, 0.25) is 17.8 Å². The average molecular weight is 345 g/mol. The van der Waals surface area contributed by atoms with Crippen molar-refractivity contribution in [3.8, 4) is 0 Å². The Morgan fingerprint density at radius 1 is 1.20 bits per heavy atom. The van der Waals surface area contributed by atoms with E-state index < -0.39 is 0 Å². The van der Waals surface area contributed by atoms with Crippen molar-refractivity contribution in [1.82, 2.24) is 24.8 Å². The van der Waals surface area contributed by atoms with Crippen molar-refractivity contribution in [2.45, 2.75) is 13.1 Å². The number of aromatic nitrogens is 4. The van der Waals surface area contributed by atoms with Gasteiger partial charge in [0.05, 0.1) is 19.8 Å². The van der Waals surface area contributed by atoms with Crippen molar-refractivity contribution in [3.63, 3.8) is 0 Å². The molecule has 1 amide bonds. The lowest BCUT2D eigenvalue weighted by atomic mass is 10.4. The van der Waals surface area contributed by atoms with E-state index in [9.17, 15) is 4.79 Å². The van der Waals surface area contributed by atoms with Crippen molar-refractivity contribution >= 4 is 17.8 Å². The Hall–Kier alpha value is -2.68. The Kier molecular flexibility index (Phi) is 5.44. The van der Waals surface area contributed by atoms with Gasteiger partial charge in [-0.1, -0.05) is 0 Å². The summed E-state index contributed by atoms with van der Waals surface area (Å²) in [6, 6.07) is 3.77. The number of hydrogen-bond donors (Lipinski definition) is 1. The van der Waals surface area contributed by atoms with Crippen LogP contribution in [-0.4, -0.2) is 65.8 Å². The number of rotatable bonds is 6. The van der Waals surface area contributed by atoms with E-state index in [1.54, 1.807) is 0 Å². The SMILES string of the molecule is CN(C)c1nc(CNC(=O)Cn2cccc2)nc(N2CCOCC2)n1. The smallest absolute Gasteiger partial charge is 0.240 e. The van der Waals surface area contributed by atoms with Gasteiger partial charge in [0, 0.05) is 39.6 Å². The van der Waals surface area contributed by atoms with E-state index in [1.807, 2.05) is 48.1 Å². The fourth-order valence-corrected chi connectivity index (χ4v) is 2.45. The Balaban J connectivity index is 1.68. The van der Waals surface area contributed by atoms with Crippen molar-refractivity contribution in [1.29, 1.82) is 0 Å². The number of nitrogens with zero attached hydrogens (tertiary/aromatic N) is 6. The molecule has 2 aromatic heterocycles. The number of carbonyl (C=O) groups is 1. The Labute approximate surface area is 146 Å². The minimum absolute atomic E-state index is 0.0871. The molecule has 0 spiro atoms. The second-order valence-electron chi connectivity index (χ2n) is 5.98. The normalized spacial score (nSPS) is 14.4. The predicted molar refractivity (Wildman–Crippen MR) is 93.5 cm³/mol. The van der Waals surface area contributed by atoms with Crippen molar-refractivity contribution in [2.75, 3.05) is 50.2 Å². The summed E-state index contributed by atoms with van der Waals surface area (Å²) in [6.45, 7) is 3.35. The number of amides is 1. The Bertz CT molecular complexity index is 697. The first-order valence-corrected chi connectivity index (χ1v) is 8.24. The van der Waals surface area contributed by atoms with Crippen molar-refractivity contribution < 1.29 is 9.53 Å². The van der Waals surface area contributed by atoms with Crippen LogP contribution in [0.15, 0.2) is 24.5 Å². The summed E-state index contributed by atoms with van der Waals surface area (Å²) in [4.78, 5) is 29.4. The summed E-state index contributed by atoms with van der Waals surface area (Å²) in [6.07, 6.45) is 3.70. The summed E-state index contributed by atoms with van der Waals surface area (Å²) in [5, 5.41) is 2.86. The summed E-state index contributed by atoms with van der Waals surface area (Å²) in [7, 11) is 3.76. The standard InChI is InChI=1S/C16H23N7O2/c1-21(2)15-18-13(11-17-14(24)12-22-5-3-4-6-22)19-16(20-15)23-7-9-25-10-8-23/h3-6H,7-12H2,1-2H3,(H,17,24). The van der Waals surface area contributed by atoms with Crippen LogP contribution in [0.25, 0.3) is 0 Å². The van der Waals surface area contributed by atoms with Crippen LogP contribution < -0.4 is 15.1 Å². The Morgan fingerprint density at radius 2 is 1.92 bits per heavy atom. The Morgan fingerprint density at radius 3 is 2.60 bits per heavy atom. The highest BCUT2D eigenvalue weighted by molar-refractivity contribution is 5.75. The van der Waals surface area contributed by atoms with Gasteiger partial charge in [-0.2, -0.15) is 15.0 Å². The molecule has 0 radical (unpaired) electrons. The zero-order chi connectivity index (χ0) is 17.6. The third kappa shape index (κ3) is 4.66. The van der Waals surface area contributed by atoms with E-state index >= 15 is 0 Å². The maximum atomic E-state index is 12.0. The molecule has 2 aromatic rings. The number of nitrogens with one attached hydrogen (secondary N) is 1. The first-order valence-electron chi connectivity index (χ1n) is 8.24. The number of anilines is 2. The quantitative estimate of drug-likeness (QED) is 0.781. The molecule has 0 aliphatic carbocycles. The van der Waals surface area contributed by atoms with Gasteiger partial charge in [0.15, 0.2) is 5.82 Å². The molecule has 25 heavy (non-hydrogen) atoms. The molecular formula is C16H23N7O2. The second-order valence-corrected chi connectivity index (χ2v) is 5.98. The average Bonchev–Trinajstić information content (AvgIpc) is 3.13. The van der Waals surface area contributed by atoms with Gasteiger partial charge in [-0.3, -0.25) is 4.79 Å². The predicted octanol–water partition coefficient (Wildman–Crippen LogP) is -0.108. The summed E-state index contributed by atoms with van der Waals surface area (Å²) >= 11 is 0. The largest absolute Gasteiger partial charge is 0.378 e. The zero-order valence-electron chi connectivity index (χ0n) is 14.6. The van der Waals surface area contributed by atoms with Crippen LogP contribution in [0.5, 0.6) is 0 Å². The van der Waals surface area contributed by atoms with Crippen LogP contribution >= 0.6 is 0 Å². The molecule has 9 heteroatoms. The maximum Gasteiger partial charge on any atom is 0.240 e. The molecule has 0 bridgehead atoms. The molecule has 0 atom stereocenters. The van der Waals surface area contributed by atoms with Gasteiger partial charge >= 0.3 is 0 Å². The van der Waals surface area contributed by atoms with E-state index in [2.05, 4.69) is 25.2 Å². The fourth-order valence-electron chi connectivity index (χ4n) is 2.45. The van der Waals surface area contributed by atoms with E-state index in [0.717, 1.165) is 13.1 Å². The first kappa shape index (κ1) is 17.2. The molecule has 0 unspecified atom stereocenters. The molecule has 9 nitrogen and oxygen atoms in total. The highest BCUT2D eigenvalue weighted by atomic mass is 16.5. The van der Waals surface area contributed by atoms with Gasteiger partial charge in [-0.25, -0.2) is 0 Å². The van der Waals surface area contributed by atoms with E-state index in [4.69, 9.17) is 4.74 Å². The molecular weight excluding hydrogens is 322 g/mol. The monoisotopic (exact) mass is 345 g/mol. The molecule has 3 heterocycles. The van der Waals surface area contributed by atoms with Crippen LogP contribution in [0.3, 0.4) is 0 Å². The number of morpholine rings is 1. The number of hydrogen-bond acceptors (Lipinski definition) is 7. The minimum Gasteiger partial charge on any atom is -0.378 e. The molecule has 134 valence electrons. The van der Waals surface area contributed by atoms with Gasteiger partial charge < -0.3 is 24.4 Å². The maximum absolute atomic E-state index is 12.0. The molecule has 3 rings (SSSR count). The van der Waals surface area contributed by atoms with Crippen LogP contribution in [0.2, 0.25) is 0 Å². The minimum atomic E-state index is -0.0871. The van der Waals surface area contributed by atoms with Gasteiger partial charge in [0.25, 0.3) is 0 Å². The molecule has 1 aliphatic rings. The van der Waals surface area contributed by atoms with Crippen LogP contribution in [0, 0.1) is 0 Å². The lowest BCUT2D eigenvalue weighted by Gasteiger charge is -2.27. The lowest BCUT2D eigenvalue weighted by Crippen LogP contribution is -2.38. The highest BCUT2D eigenvalue weighted by Crippen LogP contribution is 2.14. The lowest BCUT2D eigenvalue weighted by molar-refractivity contribution is -0.121. The van der Waals surface area contributed by atoms with Crippen molar-refractivity contribution in [3.05, 3.63) is 30.4 Å². The topological polar surface area (TPSA) is 88.4 Å². The molecule has 0 saturated carbocycles. The third-order valence-corrected chi connectivity index (χ3v) is 3.79. The summed E-state index contributed by atoms with van der Waals surface area (Å²) in [5.74, 6) is 1.65. The molecule has 0 aromatic carbocycles. The van der Waals surface area contributed by atoms with E-state index in [1.165, 1.54) is 0 Å². The first-order chi connectivity index (χ1) is 12.1. The zero-order valence-corrected chi connectivity index (χ0v) is 14.6. The molecule has 1 saturated heterocycles. The summed E-state index contributed by atoms with van der Waals surface area (Å²) in [5.41, 5.74) is 0. The van der Waals surface area contributed by atoms with Crippen LogP contribution in [-0.2, 0) is 22.6 Å².